The van der Waals surface area contributed by atoms with Crippen molar-refractivity contribution in [3.8, 4) is 0 Å². The van der Waals surface area contributed by atoms with Gasteiger partial charge in [0.25, 0.3) is 5.91 Å². The summed E-state index contributed by atoms with van der Waals surface area (Å²) in [4.78, 5) is 23.4. The lowest BCUT2D eigenvalue weighted by Crippen LogP contribution is -2.23. The van der Waals surface area contributed by atoms with Gasteiger partial charge in [0.05, 0.1) is 0 Å². The quantitative estimate of drug-likeness (QED) is 0.909. The molecular formula is C18H19FN2O2. The van der Waals surface area contributed by atoms with Crippen LogP contribution in [-0.4, -0.2) is 11.8 Å². The minimum atomic E-state index is -0.265. The summed E-state index contributed by atoms with van der Waals surface area (Å²) in [6.07, 6.45) is 0. The molecule has 0 bridgehead atoms. The number of carbonyl (C=O) groups is 2. The summed E-state index contributed by atoms with van der Waals surface area (Å²) in [6.45, 7) is 5.26. The minimum absolute atomic E-state index is 0.188. The van der Waals surface area contributed by atoms with E-state index < -0.39 is 0 Å². The summed E-state index contributed by atoms with van der Waals surface area (Å²) in [5.74, 6) is -0.704. The fourth-order valence-electron chi connectivity index (χ4n) is 2.19. The molecular weight excluding hydrogens is 295 g/mol. The SMILES string of the molecule is CC(=O)Nc1cc(C(=O)NCc2ccc(F)c(C)c2)ccc1C. The maximum atomic E-state index is 13.2. The molecule has 0 aliphatic heterocycles. The number of anilines is 1. The minimum Gasteiger partial charge on any atom is -0.348 e. The van der Waals surface area contributed by atoms with Gasteiger partial charge in [0.15, 0.2) is 0 Å². The second-order valence-corrected chi connectivity index (χ2v) is 5.48. The van der Waals surface area contributed by atoms with Crippen LogP contribution in [0.25, 0.3) is 0 Å². The molecule has 5 heteroatoms. The molecule has 23 heavy (non-hydrogen) atoms. The van der Waals surface area contributed by atoms with E-state index in [2.05, 4.69) is 10.6 Å². The highest BCUT2D eigenvalue weighted by molar-refractivity contribution is 5.97. The van der Waals surface area contributed by atoms with Gasteiger partial charge >= 0.3 is 0 Å². The summed E-state index contributed by atoms with van der Waals surface area (Å²) in [5.41, 5.74) is 3.32. The fourth-order valence-corrected chi connectivity index (χ4v) is 2.19. The van der Waals surface area contributed by atoms with Gasteiger partial charge in [0, 0.05) is 24.7 Å². The number of rotatable bonds is 4. The van der Waals surface area contributed by atoms with Gasteiger partial charge in [-0.25, -0.2) is 4.39 Å². The van der Waals surface area contributed by atoms with Gasteiger partial charge in [0.1, 0.15) is 5.82 Å². The summed E-state index contributed by atoms with van der Waals surface area (Å²) in [5, 5.41) is 5.48. The van der Waals surface area contributed by atoms with Crippen molar-refractivity contribution in [3.63, 3.8) is 0 Å². The highest BCUT2D eigenvalue weighted by Gasteiger charge is 2.09. The zero-order valence-electron chi connectivity index (χ0n) is 13.4. The Morgan fingerprint density at radius 1 is 1.04 bits per heavy atom. The number of aryl methyl sites for hydroxylation is 2. The van der Waals surface area contributed by atoms with E-state index in [9.17, 15) is 14.0 Å². The van der Waals surface area contributed by atoms with Crippen LogP contribution in [0.1, 0.15) is 34.0 Å². The lowest BCUT2D eigenvalue weighted by atomic mass is 10.1. The van der Waals surface area contributed by atoms with Gasteiger partial charge < -0.3 is 10.6 Å². The Morgan fingerprint density at radius 2 is 1.78 bits per heavy atom. The Bertz CT molecular complexity index is 757. The second kappa shape index (κ2) is 7.05. The lowest BCUT2D eigenvalue weighted by Gasteiger charge is -2.10. The van der Waals surface area contributed by atoms with E-state index >= 15 is 0 Å². The van der Waals surface area contributed by atoms with Crippen molar-refractivity contribution in [3.05, 3.63) is 64.5 Å². The van der Waals surface area contributed by atoms with Gasteiger partial charge in [-0.05, 0) is 48.7 Å². The maximum Gasteiger partial charge on any atom is 0.251 e. The predicted octanol–water partition coefficient (Wildman–Crippen LogP) is 3.33. The molecule has 120 valence electrons. The molecule has 0 atom stereocenters. The van der Waals surface area contributed by atoms with Crippen molar-refractivity contribution in [1.29, 1.82) is 0 Å². The molecule has 2 aromatic carbocycles. The zero-order valence-corrected chi connectivity index (χ0v) is 13.4. The number of benzene rings is 2. The Morgan fingerprint density at radius 3 is 2.43 bits per heavy atom. The van der Waals surface area contributed by atoms with Crippen molar-refractivity contribution in [2.24, 2.45) is 0 Å². The lowest BCUT2D eigenvalue weighted by molar-refractivity contribution is -0.114. The molecule has 0 aliphatic carbocycles. The molecule has 0 saturated heterocycles. The van der Waals surface area contributed by atoms with Gasteiger partial charge in [-0.3, -0.25) is 9.59 Å². The molecule has 0 saturated carbocycles. The number of hydrogen-bond acceptors (Lipinski definition) is 2. The van der Waals surface area contributed by atoms with E-state index in [1.54, 1.807) is 37.3 Å². The Kier molecular flexibility index (Phi) is 5.11. The monoisotopic (exact) mass is 314 g/mol. The van der Waals surface area contributed by atoms with Gasteiger partial charge in [-0.2, -0.15) is 0 Å². The zero-order chi connectivity index (χ0) is 17.0. The first-order chi connectivity index (χ1) is 10.9. The highest BCUT2D eigenvalue weighted by Crippen LogP contribution is 2.17. The van der Waals surface area contributed by atoms with E-state index in [1.807, 2.05) is 6.92 Å². The Balaban J connectivity index is 2.08. The Labute approximate surface area is 134 Å². The van der Waals surface area contributed by atoms with Crippen LogP contribution in [0.5, 0.6) is 0 Å². The van der Waals surface area contributed by atoms with Crippen LogP contribution in [0.2, 0.25) is 0 Å². The first-order valence-electron chi connectivity index (χ1n) is 7.28. The normalized spacial score (nSPS) is 10.3. The molecule has 0 radical (unpaired) electrons. The molecule has 2 rings (SSSR count). The summed E-state index contributed by atoms with van der Waals surface area (Å²) in [6, 6.07) is 9.85. The van der Waals surface area contributed by atoms with Crippen molar-refractivity contribution >= 4 is 17.5 Å². The molecule has 2 aromatic rings. The van der Waals surface area contributed by atoms with Crippen LogP contribution in [0.4, 0.5) is 10.1 Å². The van der Waals surface area contributed by atoms with Gasteiger partial charge in [-0.15, -0.1) is 0 Å². The van der Waals surface area contributed by atoms with Gasteiger partial charge in [-0.1, -0.05) is 18.2 Å². The molecule has 0 aliphatic rings. The van der Waals surface area contributed by atoms with Crippen LogP contribution in [0, 0.1) is 19.7 Å². The average molecular weight is 314 g/mol. The van der Waals surface area contributed by atoms with E-state index in [4.69, 9.17) is 0 Å². The third-order valence-electron chi connectivity index (χ3n) is 3.49. The van der Waals surface area contributed by atoms with E-state index in [0.717, 1.165) is 11.1 Å². The number of amides is 2. The Hall–Kier alpha value is -2.69. The summed E-state index contributed by atoms with van der Waals surface area (Å²) < 4.78 is 13.2. The third kappa shape index (κ3) is 4.39. The molecule has 2 N–H and O–H groups in total. The highest BCUT2D eigenvalue weighted by atomic mass is 19.1. The van der Waals surface area contributed by atoms with Crippen molar-refractivity contribution in [2.75, 3.05) is 5.32 Å². The van der Waals surface area contributed by atoms with E-state index in [1.165, 1.54) is 13.0 Å². The van der Waals surface area contributed by atoms with E-state index in [-0.39, 0.29) is 17.6 Å². The van der Waals surface area contributed by atoms with Crippen LogP contribution in [0.3, 0.4) is 0 Å². The fraction of sp³-hybridized carbons (Fsp3) is 0.222. The van der Waals surface area contributed by atoms with Crippen molar-refractivity contribution in [2.45, 2.75) is 27.3 Å². The van der Waals surface area contributed by atoms with Crippen molar-refractivity contribution < 1.29 is 14.0 Å². The molecule has 0 spiro atoms. The summed E-state index contributed by atoms with van der Waals surface area (Å²) >= 11 is 0. The molecule has 4 nitrogen and oxygen atoms in total. The molecule has 2 amide bonds. The van der Waals surface area contributed by atoms with Crippen LogP contribution in [-0.2, 0) is 11.3 Å². The van der Waals surface area contributed by atoms with Crippen LogP contribution >= 0.6 is 0 Å². The van der Waals surface area contributed by atoms with Crippen LogP contribution < -0.4 is 10.6 Å². The topological polar surface area (TPSA) is 58.2 Å². The van der Waals surface area contributed by atoms with Crippen LogP contribution in [0.15, 0.2) is 36.4 Å². The first-order valence-corrected chi connectivity index (χ1v) is 7.28. The maximum absolute atomic E-state index is 13.2. The summed E-state index contributed by atoms with van der Waals surface area (Å²) in [7, 11) is 0. The average Bonchev–Trinajstić information content (AvgIpc) is 2.50. The first kappa shape index (κ1) is 16.7. The van der Waals surface area contributed by atoms with Gasteiger partial charge in [0.2, 0.25) is 5.91 Å². The molecule has 0 aromatic heterocycles. The molecule has 0 fully saturated rings. The molecule has 0 heterocycles. The number of carbonyl (C=O) groups excluding carboxylic acids is 2. The third-order valence-corrected chi connectivity index (χ3v) is 3.49. The molecule has 0 unspecified atom stereocenters. The number of hydrogen-bond donors (Lipinski definition) is 2. The van der Waals surface area contributed by atoms with Crippen molar-refractivity contribution in [1.82, 2.24) is 5.32 Å². The van der Waals surface area contributed by atoms with E-state index in [0.29, 0.717) is 23.4 Å². The standard InChI is InChI=1S/C18H19FN2O2/c1-11-4-6-15(9-17(11)21-13(3)22)18(23)20-10-14-5-7-16(19)12(2)8-14/h4-9H,10H2,1-3H3,(H,20,23)(H,21,22). The predicted molar refractivity (Wildman–Crippen MR) is 87.8 cm³/mol. The smallest absolute Gasteiger partial charge is 0.251 e. The largest absolute Gasteiger partial charge is 0.348 e. The second-order valence-electron chi connectivity index (χ2n) is 5.48. The number of nitrogens with one attached hydrogen (secondary N) is 2. The number of halogens is 1.